The number of rotatable bonds is 7. The first kappa shape index (κ1) is 19.2. The maximum Gasteiger partial charge on any atom is 0.461 e. The van der Waals surface area contributed by atoms with Crippen LogP contribution < -0.4 is 4.74 Å². The minimum Gasteiger partial charge on any atom is -0.428 e. The summed E-state index contributed by atoms with van der Waals surface area (Å²) in [4.78, 5) is 0. The van der Waals surface area contributed by atoms with Crippen LogP contribution >= 0.6 is 31.9 Å². The van der Waals surface area contributed by atoms with Gasteiger partial charge in [0.1, 0.15) is 5.75 Å². The number of hydrogen-bond donors (Lipinski definition) is 0. The summed E-state index contributed by atoms with van der Waals surface area (Å²) in [6, 6.07) is 11.7. The van der Waals surface area contributed by atoms with Crippen LogP contribution in [0.1, 0.15) is 17.5 Å². The molecule has 0 amide bonds. The fourth-order valence-corrected chi connectivity index (χ4v) is 3.60. The summed E-state index contributed by atoms with van der Waals surface area (Å²) in [6.07, 6.45) is -6.19. The number of aryl methyl sites for hydroxylation is 1. The molecule has 0 fully saturated rings. The highest BCUT2D eigenvalue weighted by Crippen LogP contribution is 2.29. The maximum absolute atomic E-state index is 12.9. The predicted octanol–water partition coefficient (Wildman–Crippen LogP) is 6.62. The summed E-state index contributed by atoms with van der Waals surface area (Å²) in [5.41, 5.74) is 1.87. The summed E-state index contributed by atoms with van der Waals surface area (Å²) < 4.78 is 56.3. The Kier molecular flexibility index (Phi) is 6.69. The molecule has 0 aromatic heterocycles. The molecule has 0 radical (unpaired) electrons. The zero-order chi connectivity index (χ0) is 17.7. The highest BCUT2D eigenvalue weighted by Gasteiger charge is 2.43. The molecule has 2 aromatic rings. The second-order valence-electron chi connectivity index (χ2n) is 5.17. The van der Waals surface area contributed by atoms with E-state index < -0.39 is 12.5 Å². The summed E-state index contributed by atoms with van der Waals surface area (Å²) in [5.74, 6) is -0.264. The molecule has 2 rings (SSSR count). The van der Waals surface area contributed by atoms with E-state index in [-0.39, 0.29) is 5.75 Å². The van der Waals surface area contributed by atoms with Gasteiger partial charge in [0, 0.05) is 8.95 Å². The first-order chi connectivity index (χ1) is 11.3. The lowest BCUT2D eigenvalue weighted by molar-refractivity contribution is -0.253. The fourth-order valence-electron chi connectivity index (χ4n) is 2.21. The Morgan fingerprint density at radius 2 is 1.58 bits per heavy atom. The molecule has 0 atom stereocenters. The molecule has 0 spiro atoms. The van der Waals surface area contributed by atoms with Crippen LogP contribution in [0.5, 0.6) is 5.75 Å². The van der Waals surface area contributed by atoms with Gasteiger partial charge in [-0.2, -0.15) is 17.6 Å². The van der Waals surface area contributed by atoms with E-state index in [1.807, 2.05) is 18.2 Å². The maximum atomic E-state index is 12.9. The Balaban J connectivity index is 1.98. The average Bonchev–Trinajstić information content (AvgIpc) is 2.50. The molecule has 0 aliphatic carbocycles. The second-order valence-corrected chi connectivity index (χ2v) is 6.87. The third kappa shape index (κ3) is 5.21. The van der Waals surface area contributed by atoms with Gasteiger partial charge in [0.25, 0.3) is 0 Å². The van der Waals surface area contributed by atoms with Crippen LogP contribution in [-0.2, 0) is 12.8 Å². The number of halogens is 6. The molecule has 0 unspecified atom stereocenters. The van der Waals surface area contributed by atoms with E-state index in [2.05, 4.69) is 36.6 Å². The molecule has 0 heterocycles. The van der Waals surface area contributed by atoms with Crippen LogP contribution in [-0.4, -0.2) is 12.5 Å². The molecule has 0 saturated heterocycles. The van der Waals surface area contributed by atoms with Crippen LogP contribution in [0.3, 0.4) is 0 Å². The first-order valence-corrected chi connectivity index (χ1v) is 8.75. The van der Waals surface area contributed by atoms with Crippen molar-refractivity contribution < 1.29 is 22.3 Å². The van der Waals surface area contributed by atoms with E-state index in [9.17, 15) is 17.6 Å². The topological polar surface area (TPSA) is 9.23 Å². The second kappa shape index (κ2) is 8.34. The first-order valence-electron chi connectivity index (χ1n) is 7.16. The van der Waals surface area contributed by atoms with Gasteiger partial charge in [-0.05, 0) is 54.7 Å². The lowest BCUT2D eigenvalue weighted by Gasteiger charge is -2.17. The fraction of sp³-hybridized carbons (Fsp3) is 0.294. The molecule has 2 aromatic carbocycles. The molecule has 0 aliphatic heterocycles. The van der Waals surface area contributed by atoms with Gasteiger partial charge in [-0.3, -0.25) is 0 Å². The van der Waals surface area contributed by atoms with Gasteiger partial charge in [-0.15, -0.1) is 0 Å². The minimum absolute atomic E-state index is 0.264. The van der Waals surface area contributed by atoms with Gasteiger partial charge in [0.2, 0.25) is 0 Å². The monoisotopic (exact) mass is 468 g/mol. The van der Waals surface area contributed by atoms with Gasteiger partial charge in [0.15, 0.2) is 0 Å². The van der Waals surface area contributed by atoms with Crippen LogP contribution in [0.25, 0.3) is 0 Å². The Hall–Kier alpha value is -1.08. The van der Waals surface area contributed by atoms with Gasteiger partial charge < -0.3 is 4.74 Å². The van der Waals surface area contributed by atoms with Crippen molar-refractivity contribution in [1.29, 1.82) is 0 Å². The summed E-state index contributed by atoms with van der Waals surface area (Å²) >= 11 is 6.97. The van der Waals surface area contributed by atoms with E-state index in [0.29, 0.717) is 6.42 Å². The summed E-state index contributed by atoms with van der Waals surface area (Å²) in [7, 11) is 0. The lowest BCUT2D eigenvalue weighted by Crippen LogP contribution is -2.33. The third-order valence-corrected chi connectivity index (χ3v) is 4.85. The Labute approximate surface area is 154 Å². The van der Waals surface area contributed by atoms with E-state index in [4.69, 9.17) is 0 Å². The van der Waals surface area contributed by atoms with Crippen molar-refractivity contribution in [2.24, 2.45) is 0 Å². The van der Waals surface area contributed by atoms with Crippen LogP contribution in [0.4, 0.5) is 17.6 Å². The van der Waals surface area contributed by atoms with Crippen molar-refractivity contribution in [1.82, 2.24) is 0 Å². The van der Waals surface area contributed by atoms with Crippen LogP contribution in [0.15, 0.2) is 51.4 Å². The molecular weight excluding hydrogens is 456 g/mol. The normalized spacial score (nSPS) is 11.8. The molecule has 0 saturated carbocycles. The number of ether oxygens (including phenoxy) is 1. The van der Waals surface area contributed by atoms with Crippen molar-refractivity contribution in [3.63, 3.8) is 0 Å². The smallest absolute Gasteiger partial charge is 0.428 e. The molecule has 1 nitrogen and oxygen atoms in total. The van der Waals surface area contributed by atoms with Crippen molar-refractivity contribution in [2.45, 2.75) is 31.8 Å². The highest BCUT2D eigenvalue weighted by molar-refractivity contribution is 9.11. The standard InChI is InChI=1S/C17H14Br2F4O/c18-14-8-3-9-15(19)13(14)7-2-5-11-4-1-6-12(10-11)24-17(22,23)16(20)21/h1,3-4,6,8-10,16H,2,5,7H2. The Bertz CT molecular complexity index is 672. The molecule has 0 aliphatic rings. The molecule has 0 bridgehead atoms. The van der Waals surface area contributed by atoms with Crippen molar-refractivity contribution >= 4 is 31.9 Å². The molecule has 130 valence electrons. The van der Waals surface area contributed by atoms with Crippen LogP contribution in [0.2, 0.25) is 0 Å². The van der Waals surface area contributed by atoms with Crippen molar-refractivity contribution in [2.75, 3.05) is 0 Å². The predicted molar refractivity (Wildman–Crippen MR) is 91.9 cm³/mol. The number of hydrogen-bond acceptors (Lipinski definition) is 1. The van der Waals surface area contributed by atoms with Gasteiger partial charge >= 0.3 is 12.5 Å². The highest BCUT2D eigenvalue weighted by atomic mass is 79.9. The van der Waals surface area contributed by atoms with Crippen molar-refractivity contribution in [3.8, 4) is 5.75 Å². The molecule has 7 heteroatoms. The minimum atomic E-state index is -4.49. The van der Waals surface area contributed by atoms with Gasteiger partial charge in [-0.1, -0.05) is 50.1 Å². The third-order valence-electron chi connectivity index (χ3n) is 3.36. The number of benzene rings is 2. The van der Waals surface area contributed by atoms with E-state index >= 15 is 0 Å². The van der Waals surface area contributed by atoms with E-state index in [1.165, 1.54) is 18.2 Å². The molecule has 0 N–H and O–H groups in total. The SMILES string of the molecule is FC(F)C(F)(F)Oc1cccc(CCCc2c(Br)cccc2Br)c1. The lowest BCUT2D eigenvalue weighted by atomic mass is 10.0. The molecular formula is C17H14Br2F4O. The van der Waals surface area contributed by atoms with E-state index in [1.54, 1.807) is 6.07 Å². The Morgan fingerprint density at radius 3 is 2.21 bits per heavy atom. The van der Waals surface area contributed by atoms with Crippen molar-refractivity contribution in [3.05, 3.63) is 62.5 Å². The Morgan fingerprint density at radius 1 is 0.958 bits per heavy atom. The van der Waals surface area contributed by atoms with Gasteiger partial charge in [0.05, 0.1) is 0 Å². The zero-order valence-electron chi connectivity index (χ0n) is 12.4. The summed E-state index contributed by atoms with van der Waals surface area (Å²) in [5, 5.41) is 0. The number of alkyl halides is 4. The van der Waals surface area contributed by atoms with E-state index in [0.717, 1.165) is 32.9 Å². The zero-order valence-corrected chi connectivity index (χ0v) is 15.6. The largest absolute Gasteiger partial charge is 0.461 e. The van der Waals surface area contributed by atoms with Crippen LogP contribution in [0, 0.1) is 0 Å². The molecule has 24 heavy (non-hydrogen) atoms. The van der Waals surface area contributed by atoms with Gasteiger partial charge in [-0.25, -0.2) is 0 Å². The average molecular weight is 470 g/mol. The summed E-state index contributed by atoms with van der Waals surface area (Å²) in [6.45, 7) is 0. The quantitative estimate of drug-likeness (QED) is 0.414.